The lowest BCUT2D eigenvalue weighted by atomic mass is 9.84. The van der Waals surface area contributed by atoms with E-state index >= 15 is 0 Å². The molecule has 1 aromatic carbocycles. The number of morpholine rings is 1. The highest BCUT2D eigenvalue weighted by Crippen LogP contribution is 2.41. The van der Waals surface area contributed by atoms with Gasteiger partial charge in [-0.1, -0.05) is 19.1 Å². The second-order valence-electron chi connectivity index (χ2n) is 8.97. The van der Waals surface area contributed by atoms with E-state index in [1.807, 2.05) is 4.90 Å². The fraction of sp³-hybridized carbons (Fsp3) is 0.538. The molecule has 0 spiro atoms. The number of nitrogens with zero attached hydrogens (tertiary/aromatic N) is 3. The van der Waals surface area contributed by atoms with Crippen molar-refractivity contribution in [3.63, 3.8) is 0 Å². The molecule has 6 nitrogen and oxygen atoms in total. The zero-order valence-corrected chi connectivity index (χ0v) is 19.9. The lowest BCUT2D eigenvalue weighted by Gasteiger charge is -2.40. The number of pyridine rings is 1. The summed E-state index contributed by atoms with van der Waals surface area (Å²) < 4.78 is 39.4. The van der Waals surface area contributed by atoms with Crippen molar-refractivity contribution < 1.29 is 23.0 Å². The Morgan fingerprint density at radius 2 is 1.82 bits per heavy atom. The summed E-state index contributed by atoms with van der Waals surface area (Å²) in [6.07, 6.45) is 6.37. The molecule has 4 rings (SSSR count). The largest absolute Gasteiger partial charge is 0.494 e. The molecular formula is C26H33F2N3O3. The molecule has 2 fully saturated rings. The summed E-state index contributed by atoms with van der Waals surface area (Å²) in [5, 5.41) is 0. The Kier molecular flexibility index (Phi) is 7.66. The molecule has 2 aliphatic rings. The Morgan fingerprint density at radius 3 is 2.44 bits per heavy atom. The maximum atomic E-state index is 14.2. The van der Waals surface area contributed by atoms with Gasteiger partial charge in [-0.15, -0.1) is 0 Å². The zero-order valence-electron chi connectivity index (χ0n) is 19.9. The molecule has 8 heteroatoms. The molecule has 184 valence electrons. The van der Waals surface area contributed by atoms with E-state index in [9.17, 15) is 13.6 Å². The van der Waals surface area contributed by atoms with Gasteiger partial charge >= 0.3 is 0 Å². The van der Waals surface area contributed by atoms with E-state index in [0.29, 0.717) is 32.1 Å². The molecule has 0 radical (unpaired) electrons. The minimum Gasteiger partial charge on any atom is -0.494 e. The molecule has 0 bridgehead atoms. The molecule has 1 aliphatic heterocycles. The maximum Gasteiger partial charge on any atom is 0.273 e. The highest BCUT2D eigenvalue weighted by molar-refractivity contribution is 5.79. The fourth-order valence-electron chi connectivity index (χ4n) is 4.97. The number of methoxy groups -OCH3 is 1. The van der Waals surface area contributed by atoms with Gasteiger partial charge < -0.3 is 19.3 Å². The number of carbonyl (C=O) groups is 1. The van der Waals surface area contributed by atoms with Crippen molar-refractivity contribution in [1.82, 2.24) is 9.88 Å². The van der Waals surface area contributed by atoms with E-state index in [1.54, 1.807) is 37.7 Å². The first-order valence-electron chi connectivity index (χ1n) is 12.1. The molecular weight excluding hydrogens is 440 g/mol. The molecule has 1 amide bonds. The van der Waals surface area contributed by atoms with Crippen LogP contribution in [-0.4, -0.2) is 55.2 Å². The molecule has 1 saturated heterocycles. The number of benzene rings is 1. The molecule has 34 heavy (non-hydrogen) atoms. The van der Waals surface area contributed by atoms with Gasteiger partial charge in [0.2, 0.25) is 5.91 Å². The SMILES string of the molecule is CCC(F)(F)c1ccc(N(c2cnccc2OC)C2CCC(C(=O)N3CCOCC3)CC2)cc1. The van der Waals surface area contributed by atoms with Crippen LogP contribution in [0.4, 0.5) is 20.2 Å². The third-order valence-corrected chi connectivity index (χ3v) is 6.99. The number of rotatable bonds is 7. The van der Waals surface area contributed by atoms with Crippen molar-refractivity contribution in [2.24, 2.45) is 5.92 Å². The summed E-state index contributed by atoms with van der Waals surface area (Å²) in [6.45, 7) is 4.00. The van der Waals surface area contributed by atoms with Crippen LogP contribution in [0.5, 0.6) is 5.75 Å². The van der Waals surface area contributed by atoms with Gasteiger partial charge in [-0.2, -0.15) is 0 Å². The number of anilines is 2. The first kappa shape index (κ1) is 24.4. The van der Waals surface area contributed by atoms with Gasteiger partial charge in [-0.3, -0.25) is 9.78 Å². The second kappa shape index (κ2) is 10.7. The summed E-state index contributed by atoms with van der Waals surface area (Å²) in [6, 6.07) is 8.40. The van der Waals surface area contributed by atoms with Crippen LogP contribution in [0, 0.1) is 5.92 Å². The van der Waals surface area contributed by atoms with Crippen LogP contribution in [0.25, 0.3) is 0 Å². The third-order valence-electron chi connectivity index (χ3n) is 6.99. The van der Waals surface area contributed by atoms with Crippen molar-refractivity contribution in [2.75, 3.05) is 38.3 Å². The van der Waals surface area contributed by atoms with Gasteiger partial charge in [-0.05, 0) is 37.8 Å². The highest BCUT2D eigenvalue weighted by atomic mass is 19.3. The number of halogens is 2. The summed E-state index contributed by atoms with van der Waals surface area (Å²) in [7, 11) is 1.61. The average Bonchev–Trinajstić information content (AvgIpc) is 2.90. The van der Waals surface area contributed by atoms with Crippen LogP contribution in [0.3, 0.4) is 0 Å². The lowest BCUT2D eigenvalue weighted by Crippen LogP contribution is -2.45. The van der Waals surface area contributed by atoms with Crippen molar-refractivity contribution in [3.05, 3.63) is 48.3 Å². The van der Waals surface area contributed by atoms with Crippen LogP contribution in [0.1, 0.15) is 44.6 Å². The minimum absolute atomic E-state index is 0.0108. The fourth-order valence-corrected chi connectivity index (χ4v) is 4.97. The number of amides is 1. The topological polar surface area (TPSA) is 54.9 Å². The van der Waals surface area contributed by atoms with Crippen LogP contribution in [0.15, 0.2) is 42.7 Å². The van der Waals surface area contributed by atoms with E-state index in [1.165, 1.54) is 19.1 Å². The Bertz CT molecular complexity index is 956. The number of hydrogen-bond acceptors (Lipinski definition) is 5. The normalized spacial score (nSPS) is 21.2. The predicted octanol–water partition coefficient (Wildman–Crippen LogP) is 5.15. The van der Waals surface area contributed by atoms with E-state index in [2.05, 4.69) is 9.88 Å². The van der Waals surface area contributed by atoms with Gasteiger partial charge in [0, 0.05) is 55.0 Å². The van der Waals surface area contributed by atoms with Crippen LogP contribution < -0.4 is 9.64 Å². The number of hydrogen-bond donors (Lipinski definition) is 0. The summed E-state index contributed by atoms with van der Waals surface area (Å²) in [4.78, 5) is 21.3. The molecule has 2 heterocycles. The summed E-state index contributed by atoms with van der Waals surface area (Å²) in [5.41, 5.74) is 1.62. The van der Waals surface area contributed by atoms with Crippen molar-refractivity contribution in [2.45, 2.75) is 51.0 Å². The highest BCUT2D eigenvalue weighted by Gasteiger charge is 2.34. The minimum atomic E-state index is -2.85. The van der Waals surface area contributed by atoms with E-state index in [-0.39, 0.29) is 29.9 Å². The summed E-state index contributed by atoms with van der Waals surface area (Å²) in [5.74, 6) is -1.95. The second-order valence-corrected chi connectivity index (χ2v) is 8.97. The number of carbonyl (C=O) groups excluding carboxylic acids is 1. The van der Waals surface area contributed by atoms with Crippen LogP contribution >= 0.6 is 0 Å². The van der Waals surface area contributed by atoms with Crippen LogP contribution in [-0.2, 0) is 15.5 Å². The van der Waals surface area contributed by atoms with E-state index < -0.39 is 5.92 Å². The Hall–Kier alpha value is -2.74. The smallest absolute Gasteiger partial charge is 0.273 e. The molecule has 1 saturated carbocycles. The Labute approximate surface area is 199 Å². The van der Waals surface area contributed by atoms with Gasteiger partial charge in [0.05, 0.1) is 26.5 Å². The zero-order chi connectivity index (χ0) is 24.1. The monoisotopic (exact) mass is 473 g/mol. The lowest BCUT2D eigenvalue weighted by molar-refractivity contribution is -0.140. The first-order chi connectivity index (χ1) is 16.4. The molecule has 2 aromatic rings. The Balaban J connectivity index is 1.57. The third kappa shape index (κ3) is 5.17. The Morgan fingerprint density at radius 1 is 1.15 bits per heavy atom. The molecule has 0 atom stereocenters. The van der Waals surface area contributed by atoms with E-state index in [0.717, 1.165) is 37.1 Å². The van der Waals surface area contributed by atoms with Crippen molar-refractivity contribution in [3.8, 4) is 5.75 Å². The van der Waals surface area contributed by atoms with Gasteiger partial charge in [0.1, 0.15) is 11.4 Å². The number of aromatic nitrogens is 1. The summed E-state index contributed by atoms with van der Waals surface area (Å²) >= 11 is 0. The predicted molar refractivity (Wildman–Crippen MR) is 127 cm³/mol. The van der Waals surface area contributed by atoms with E-state index in [4.69, 9.17) is 9.47 Å². The number of alkyl halides is 2. The van der Waals surface area contributed by atoms with Crippen molar-refractivity contribution >= 4 is 17.3 Å². The van der Waals surface area contributed by atoms with Gasteiger partial charge in [0.15, 0.2) is 0 Å². The van der Waals surface area contributed by atoms with Gasteiger partial charge in [-0.25, -0.2) is 8.78 Å². The standard InChI is InChI=1S/C26H33F2N3O3/c1-3-26(27,28)20-6-10-22(11-7-20)31(23-18-29-13-12-24(23)33-2)21-8-4-19(5-9-21)25(32)30-14-16-34-17-15-30/h6-7,10-13,18-19,21H,3-5,8-9,14-17H2,1-2H3. The molecule has 0 N–H and O–H groups in total. The first-order valence-corrected chi connectivity index (χ1v) is 12.1. The van der Waals surface area contributed by atoms with Gasteiger partial charge in [0.25, 0.3) is 5.92 Å². The van der Waals surface area contributed by atoms with Crippen molar-refractivity contribution in [1.29, 1.82) is 0 Å². The van der Waals surface area contributed by atoms with Crippen LogP contribution in [0.2, 0.25) is 0 Å². The molecule has 1 aromatic heterocycles. The molecule has 0 unspecified atom stereocenters. The maximum absolute atomic E-state index is 14.2. The quantitative estimate of drug-likeness (QED) is 0.557. The molecule has 1 aliphatic carbocycles. The number of ether oxygens (including phenoxy) is 2. The average molecular weight is 474 g/mol.